The Bertz CT molecular complexity index is 284. The molecular formula is C12H23N3O. The molecule has 92 valence electrons. The highest BCUT2D eigenvalue weighted by molar-refractivity contribution is 4.99. The summed E-state index contributed by atoms with van der Waals surface area (Å²) in [6, 6.07) is 2.07. The fraction of sp³-hybridized carbons (Fsp3) is 0.750. The summed E-state index contributed by atoms with van der Waals surface area (Å²) in [6.07, 6.45) is 2.87. The minimum atomic E-state index is 0.685. The average Bonchev–Trinajstić information content (AvgIpc) is 2.66. The van der Waals surface area contributed by atoms with Gasteiger partial charge < -0.3 is 10.1 Å². The number of nitrogens with one attached hydrogen (secondary N) is 1. The fourth-order valence-electron chi connectivity index (χ4n) is 1.56. The number of rotatable bonds is 8. The Hall–Kier alpha value is -0.870. The third kappa shape index (κ3) is 4.77. The van der Waals surface area contributed by atoms with Gasteiger partial charge in [0, 0.05) is 33.0 Å². The Morgan fingerprint density at radius 2 is 2.31 bits per heavy atom. The van der Waals surface area contributed by atoms with Crippen molar-refractivity contribution < 1.29 is 4.74 Å². The van der Waals surface area contributed by atoms with E-state index in [0.717, 1.165) is 32.7 Å². The zero-order valence-corrected chi connectivity index (χ0v) is 10.6. The van der Waals surface area contributed by atoms with Gasteiger partial charge in [0.25, 0.3) is 0 Å². The van der Waals surface area contributed by atoms with Gasteiger partial charge in [0.05, 0.1) is 5.69 Å². The van der Waals surface area contributed by atoms with Crippen LogP contribution in [0, 0.1) is 5.92 Å². The second-order valence-electron chi connectivity index (χ2n) is 4.42. The van der Waals surface area contributed by atoms with E-state index in [1.807, 2.05) is 10.9 Å². The van der Waals surface area contributed by atoms with E-state index in [4.69, 9.17) is 4.74 Å². The van der Waals surface area contributed by atoms with Gasteiger partial charge in [0.1, 0.15) is 0 Å². The van der Waals surface area contributed by atoms with Gasteiger partial charge in [0.2, 0.25) is 0 Å². The lowest BCUT2D eigenvalue weighted by Crippen LogP contribution is -2.21. The van der Waals surface area contributed by atoms with E-state index < -0.39 is 0 Å². The average molecular weight is 225 g/mol. The van der Waals surface area contributed by atoms with Crippen LogP contribution in [0.1, 0.15) is 26.0 Å². The van der Waals surface area contributed by atoms with Crippen LogP contribution >= 0.6 is 0 Å². The minimum Gasteiger partial charge on any atom is -0.385 e. The Balaban J connectivity index is 2.32. The molecule has 0 bridgehead atoms. The lowest BCUT2D eigenvalue weighted by atomic mass is 10.2. The van der Waals surface area contributed by atoms with Crippen LogP contribution in [0.3, 0.4) is 0 Å². The number of hydrogen-bond acceptors (Lipinski definition) is 3. The minimum absolute atomic E-state index is 0.685. The zero-order chi connectivity index (χ0) is 11.8. The normalized spacial score (nSPS) is 11.2. The van der Waals surface area contributed by atoms with Crippen molar-refractivity contribution >= 4 is 0 Å². The monoisotopic (exact) mass is 225 g/mol. The summed E-state index contributed by atoms with van der Waals surface area (Å²) in [5.74, 6) is 0.685. The zero-order valence-electron chi connectivity index (χ0n) is 10.6. The van der Waals surface area contributed by atoms with Gasteiger partial charge in [-0.25, -0.2) is 0 Å². The molecule has 0 amide bonds. The Morgan fingerprint density at radius 3 is 3.00 bits per heavy atom. The van der Waals surface area contributed by atoms with Crippen molar-refractivity contribution in [2.75, 3.05) is 20.3 Å². The van der Waals surface area contributed by atoms with Crippen LogP contribution in [0.4, 0.5) is 0 Å². The lowest BCUT2D eigenvalue weighted by Gasteiger charge is -2.09. The number of aryl methyl sites for hydroxylation is 1. The van der Waals surface area contributed by atoms with Crippen LogP contribution < -0.4 is 5.32 Å². The first-order valence-corrected chi connectivity index (χ1v) is 5.94. The van der Waals surface area contributed by atoms with Crippen LogP contribution in [0.2, 0.25) is 0 Å². The van der Waals surface area contributed by atoms with Crippen molar-refractivity contribution in [1.29, 1.82) is 0 Å². The van der Waals surface area contributed by atoms with E-state index in [2.05, 4.69) is 30.3 Å². The maximum atomic E-state index is 5.04. The van der Waals surface area contributed by atoms with E-state index in [-0.39, 0.29) is 0 Å². The smallest absolute Gasteiger partial charge is 0.0522 e. The van der Waals surface area contributed by atoms with E-state index >= 15 is 0 Å². The molecule has 1 N–H and O–H groups in total. The molecule has 0 fully saturated rings. The molecule has 4 nitrogen and oxygen atoms in total. The molecule has 0 saturated carbocycles. The summed E-state index contributed by atoms with van der Waals surface area (Å²) in [5.41, 5.74) is 1.25. The van der Waals surface area contributed by atoms with Gasteiger partial charge in [-0.15, -0.1) is 0 Å². The molecular weight excluding hydrogens is 202 g/mol. The topological polar surface area (TPSA) is 39.1 Å². The van der Waals surface area contributed by atoms with E-state index in [1.54, 1.807) is 7.11 Å². The highest BCUT2D eigenvalue weighted by atomic mass is 16.5. The Kier molecular flexibility index (Phi) is 6.11. The maximum Gasteiger partial charge on any atom is 0.0522 e. The van der Waals surface area contributed by atoms with Gasteiger partial charge in [-0.2, -0.15) is 5.10 Å². The highest BCUT2D eigenvalue weighted by Gasteiger charge is 2.02. The predicted molar refractivity (Wildman–Crippen MR) is 65.3 cm³/mol. The molecule has 0 radical (unpaired) electrons. The van der Waals surface area contributed by atoms with Crippen LogP contribution in [0.25, 0.3) is 0 Å². The molecule has 0 aliphatic heterocycles. The van der Waals surface area contributed by atoms with Gasteiger partial charge in [-0.3, -0.25) is 4.68 Å². The van der Waals surface area contributed by atoms with Crippen LogP contribution in [0.15, 0.2) is 12.3 Å². The second-order valence-corrected chi connectivity index (χ2v) is 4.42. The third-order valence-corrected chi connectivity index (χ3v) is 2.38. The van der Waals surface area contributed by atoms with Crippen molar-refractivity contribution in [2.24, 2.45) is 5.92 Å². The van der Waals surface area contributed by atoms with Crippen LogP contribution in [-0.2, 0) is 17.8 Å². The number of hydrogen-bond donors (Lipinski definition) is 1. The van der Waals surface area contributed by atoms with Crippen molar-refractivity contribution in [3.05, 3.63) is 18.0 Å². The molecule has 0 atom stereocenters. The molecule has 0 unspecified atom stereocenters. The summed E-state index contributed by atoms with van der Waals surface area (Å²) >= 11 is 0. The van der Waals surface area contributed by atoms with Crippen molar-refractivity contribution in [2.45, 2.75) is 33.4 Å². The first-order valence-electron chi connectivity index (χ1n) is 5.94. The van der Waals surface area contributed by atoms with E-state index in [1.165, 1.54) is 5.69 Å². The van der Waals surface area contributed by atoms with Crippen molar-refractivity contribution in [3.8, 4) is 0 Å². The van der Waals surface area contributed by atoms with Gasteiger partial charge in [0.15, 0.2) is 0 Å². The van der Waals surface area contributed by atoms with E-state index in [0.29, 0.717) is 5.92 Å². The number of aromatic nitrogens is 2. The van der Waals surface area contributed by atoms with Gasteiger partial charge >= 0.3 is 0 Å². The molecule has 1 aromatic rings. The molecule has 0 aliphatic carbocycles. The predicted octanol–water partition coefficient (Wildman–Crippen LogP) is 1.67. The Morgan fingerprint density at radius 1 is 1.50 bits per heavy atom. The highest BCUT2D eigenvalue weighted by Crippen LogP contribution is 2.00. The summed E-state index contributed by atoms with van der Waals surface area (Å²) in [4.78, 5) is 0. The molecule has 1 rings (SSSR count). The number of methoxy groups -OCH3 is 1. The molecule has 0 aromatic carbocycles. The first-order chi connectivity index (χ1) is 7.74. The summed E-state index contributed by atoms with van der Waals surface area (Å²) in [6.45, 7) is 8.08. The number of ether oxygens (including phenoxy) is 1. The molecule has 4 heteroatoms. The van der Waals surface area contributed by atoms with Crippen molar-refractivity contribution in [3.63, 3.8) is 0 Å². The largest absolute Gasteiger partial charge is 0.385 e. The van der Waals surface area contributed by atoms with Crippen LogP contribution in [0.5, 0.6) is 0 Å². The second kappa shape index (κ2) is 7.41. The Labute approximate surface area is 98.0 Å². The third-order valence-electron chi connectivity index (χ3n) is 2.38. The van der Waals surface area contributed by atoms with Gasteiger partial charge in [-0.05, 0) is 24.9 Å². The van der Waals surface area contributed by atoms with Crippen LogP contribution in [-0.4, -0.2) is 30.0 Å². The van der Waals surface area contributed by atoms with Crippen molar-refractivity contribution in [1.82, 2.24) is 15.1 Å². The maximum absolute atomic E-state index is 5.04. The first kappa shape index (κ1) is 13.2. The molecule has 0 aliphatic rings. The molecule has 1 aromatic heterocycles. The van der Waals surface area contributed by atoms with E-state index in [9.17, 15) is 0 Å². The quantitative estimate of drug-likeness (QED) is 0.684. The molecule has 1 heterocycles. The molecule has 0 spiro atoms. The SMILES string of the molecule is COCCCn1nccc1CNCC(C)C. The van der Waals surface area contributed by atoms with Gasteiger partial charge in [-0.1, -0.05) is 13.8 Å². The fourth-order valence-corrected chi connectivity index (χ4v) is 1.56. The molecule has 16 heavy (non-hydrogen) atoms. The molecule has 0 saturated heterocycles. The standard InChI is InChI=1S/C12H23N3O/c1-11(2)9-13-10-12-5-6-14-15(12)7-4-8-16-3/h5-6,11,13H,4,7-10H2,1-3H3. The number of nitrogens with zero attached hydrogens (tertiary/aromatic N) is 2. The summed E-state index contributed by atoms with van der Waals surface area (Å²) in [7, 11) is 1.73. The summed E-state index contributed by atoms with van der Waals surface area (Å²) < 4.78 is 7.08. The lowest BCUT2D eigenvalue weighted by molar-refractivity contribution is 0.188. The summed E-state index contributed by atoms with van der Waals surface area (Å²) in [5, 5.41) is 7.73.